The molecule has 0 aliphatic heterocycles. The lowest BCUT2D eigenvalue weighted by atomic mass is 9.99. The highest BCUT2D eigenvalue weighted by Crippen LogP contribution is 2.31. The van der Waals surface area contributed by atoms with Crippen molar-refractivity contribution in [3.8, 4) is 5.75 Å². The molecular weight excluding hydrogens is 455 g/mol. The number of benzene rings is 2. The van der Waals surface area contributed by atoms with Crippen molar-refractivity contribution in [3.63, 3.8) is 0 Å². The number of halogens is 3. The van der Waals surface area contributed by atoms with Gasteiger partial charge < -0.3 is 10.1 Å². The molecule has 0 aliphatic rings. The quantitative estimate of drug-likeness (QED) is 0.419. The summed E-state index contributed by atoms with van der Waals surface area (Å²) in [6.45, 7) is 1.70. The van der Waals surface area contributed by atoms with Crippen LogP contribution in [0, 0.1) is 6.92 Å². The fourth-order valence-corrected chi connectivity index (χ4v) is 4.97. The van der Waals surface area contributed by atoms with Gasteiger partial charge in [-0.3, -0.25) is 4.98 Å². The third kappa shape index (κ3) is 4.65. The average molecular weight is 475 g/mol. The fraction of sp³-hybridized carbons (Fsp3) is 0.174. The van der Waals surface area contributed by atoms with Crippen LogP contribution in [0.2, 0.25) is 0 Å². The molecule has 2 aromatic carbocycles. The highest BCUT2D eigenvalue weighted by atomic mass is 32.2. The molecule has 0 radical (unpaired) electrons. The van der Waals surface area contributed by atoms with E-state index in [2.05, 4.69) is 15.0 Å². The van der Waals surface area contributed by atoms with Gasteiger partial charge in [-0.25, -0.2) is 12.4 Å². The van der Waals surface area contributed by atoms with Crippen LogP contribution in [0.3, 0.4) is 0 Å². The summed E-state index contributed by atoms with van der Waals surface area (Å²) in [5.74, 6) is -0.283. The second-order valence-electron chi connectivity index (χ2n) is 7.45. The second kappa shape index (κ2) is 8.43. The maximum atomic E-state index is 13.2. The van der Waals surface area contributed by atoms with Gasteiger partial charge >= 0.3 is 6.36 Å². The van der Waals surface area contributed by atoms with Crippen molar-refractivity contribution in [2.75, 3.05) is 12.4 Å². The maximum Gasteiger partial charge on any atom is 0.573 e. The number of anilines is 1. The molecule has 33 heavy (non-hydrogen) atoms. The normalized spacial score (nSPS) is 12.2. The van der Waals surface area contributed by atoms with Crippen LogP contribution >= 0.6 is 0 Å². The summed E-state index contributed by atoms with van der Waals surface area (Å²) in [5, 5.41) is 3.73. The van der Waals surface area contributed by atoms with Crippen molar-refractivity contribution in [2.45, 2.75) is 24.6 Å². The Morgan fingerprint density at radius 3 is 2.55 bits per heavy atom. The van der Waals surface area contributed by atoms with Crippen molar-refractivity contribution in [1.82, 2.24) is 8.96 Å². The van der Waals surface area contributed by atoms with Crippen LogP contribution in [0.1, 0.15) is 16.7 Å². The minimum atomic E-state index is -4.75. The molecule has 0 fully saturated rings. The molecule has 0 spiro atoms. The molecule has 0 aliphatic carbocycles. The van der Waals surface area contributed by atoms with Gasteiger partial charge in [-0.2, -0.15) is 0 Å². The molecule has 4 aromatic rings. The van der Waals surface area contributed by atoms with Crippen molar-refractivity contribution in [3.05, 3.63) is 83.8 Å². The number of fused-ring (bicyclic) bond motifs is 1. The number of aromatic nitrogens is 2. The average Bonchev–Trinajstić information content (AvgIpc) is 3.14. The zero-order valence-corrected chi connectivity index (χ0v) is 18.5. The molecule has 0 bridgehead atoms. The van der Waals surface area contributed by atoms with Gasteiger partial charge in [0.1, 0.15) is 10.6 Å². The summed E-state index contributed by atoms with van der Waals surface area (Å²) in [6.07, 6.45) is -0.0448. The minimum Gasteiger partial charge on any atom is -0.406 e. The van der Waals surface area contributed by atoms with E-state index in [0.29, 0.717) is 23.2 Å². The predicted molar refractivity (Wildman–Crippen MR) is 119 cm³/mol. The van der Waals surface area contributed by atoms with E-state index in [1.807, 2.05) is 12.1 Å². The summed E-state index contributed by atoms with van der Waals surface area (Å²) in [5.41, 5.74) is 3.36. The molecular formula is C23H20F3N3O3S. The van der Waals surface area contributed by atoms with Gasteiger partial charge in [-0.1, -0.05) is 18.2 Å². The van der Waals surface area contributed by atoms with E-state index in [4.69, 9.17) is 0 Å². The molecule has 0 saturated carbocycles. The summed E-state index contributed by atoms with van der Waals surface area (Å²) in [7, 11) is -2.18. The standard InChI is InChI=1S/C23H20F3N3O3S/c1-15-10-18(32-23(24,25)26)7-6-17(15)11-16-5-8-20-21(27-2)14-29(22(20)12-16)33(30,31)19-4-3-9-28-13-19/h3-10,12-14,27H,11H2,1-2H3. The first kappa shape index (κ1) is 22.7. The first-order chi connectivity index (χ1) is 15.6. The lowest BCUT2D eigenvalue weighted by Crippen LogP contribution is -2.17. The van der Waals surface area contributed by atoms with Crippen LogP contribution in [0.15, 0.2) is 72.0 Å². The Hall–Kier alpha value is -3.53. The maximum absolute atomic E-state index is 13.2. The number of aryl methyl sites for hydroxylation is 1. The smallest absolute Gasteiger partial charge is 0.406 e. The van der Waals surface area contributed by atoms with Gasteiger partial charge in [-0.15, -0.1) is 13.2 Å². The number of nitrogens with zero attached hydrogens (tertiary/aromatic N) is 2. The summed E-state index contributed by atoms with van der Waals surface area (Å²) < 4.78 is 69.1. The molecule has 0 unspecified atom stereocenters. The Kier molecular flexibility index (Phi) is 5.79. The Balaban J connectivity index is 1.74. The SMILES string of the molecule is CNc1cn(S(=O)(=O)c2cccnc2)c2cc(Cc3ccc(OC(F)(F)F)cc3C)ccc12. The summed E-state index contributed by atoms with van der Waals surface area (Å²) in [4.78, 5) is 3.97. The third-order valence-corrected chi connectivity index (χ3v) is 6.90. The molecule has 10 heteroatoms. The number of hydrogen-bond acceptors (Lipinski definition) is 5. The van der Waals surface area contributed by atoms with E-state index in [0.717, 1.165) is 16.5 Å². The van der Waals surface area contributed by atoms with E-state index in [9.17, 15) is 21.6 Å². The van der Waals surface area contributed by atoms with Crippen LogP contribution in [-0.2, 0) is 16.4 Å². The van der Waals surface area contributed by atoms with Gasteiger partial charge in [0.25, 0.3) is 10.0 Å². The number of hydrogen-bond donors (Lipinski definition) is 1. The number of ether oxygens (including phenoxy) is 1. The third-order valence-electron chi connectivity index (χ3n) is 5.24. The van der Waals surface area contributed by atoms with E-state index in [1.54, 1.807) is 32.2 Å². The number of alkyl halides is 3. The molecule has 1 N–H and O–H groups in total. The van der Waals surface area contributed by atoms with E-state index >= 15 is 0 Å². The molecule has 6 nitrogen and oxygen atoms in total. The topological polar surface area (TPSA) is 73.2 Å². The minimum absolute atomic E-state index is 0.0612. The van der Waals surface area contributed by atoms with Crippen LogP contribution in [-0.4, -0.2) is 30.8 Å². The largest absolute Gasteiger partial charge is 0.573 e. The molecule has 0 atom stereocenters. The Morgan fingerprint density at radius 2 is 1.91 bits per heavy atom. The Morgan fingerprint density at radius 1 is 1.12 bits per heavy atom. The van der Waals surface area contributed by atoms with Gasteiger partial charge in [0.15, 0.2) is 0 Å². The molecule has 2 aromatic heterocycles. The molecule has 172 valence electrons. The van der Waals surface area contributed by atoms with Crippen LogP contribution < -0.4 is 10.1 Å². The molecule has 0 saturated heterocycles. The summed E-state index contributed by atoms with van der Waals surface area (Å²) >= 11 is 0. The number of rotatable bonds is 6. The highest BCUT2D eigenvalue weighted by molar-refractivity contribution is 7.90. The van der Waals surface area contributed by atoms with Crippen molar-refractivity contribution >= 4 is 26.6 Å². The molecule has 4 rings (SSSR count). The lowest BCUT2D eigenvalue weighted by molar-refractivity contribution is -0.274. The molecule has 0 amide bonds. The van der Waals surface area contributed by atoms with Crippen molar-refractivity contribution in [1.29, 1.82) is 0 Å². The van der Waals surface area contributed by atoms with Gasteiger partial charge in [0, 0.05) is 31.0 Å². The number of pyridine rings is 1. The monoisotopic (exact) mass is 475 g/mol. The first-order valence-corrected chi connectivity index (χ1v) is 11.3. The van der Waals surface area contributed by atoms with E-state index in [-0.39, 0.29) is 10.6 Å². The Labute approximate surface area is 188 Å². The Bertz CT molecular complexity index is 1420. The fourth-order valence-electron chi connectivity index (χ4n) is 3.65. The van der Waals surface area contributed by atoms with E-state index in [1.165, 1.54) is 40.8 Å². The first-order valence-electron chi connectivity index (χ1n) is 9.91. The van der Waals surface area contributed by atoms with Crippen molar-refractivity contribution < 1.29 is 26.3 Å². The highest BCUT2D eigenvalue weighted by Gasteiger charge is 2.31. The van der Waals surface area contributed by atoms with Gasteiger partial charge in [-0.05, 0) is 60.4 Å². The van der Waals surface area contributed by atoms with Gasteiger partial charge in [0.05, 0.1) is 11.2 Å². The molecule has 2 heterocycles. The predicted octanol–water partition coefficient (Wildman–Crippen LogP) is 5.11. The zero-order chi connectivity index (χ0) is 23.8. The zero-order valence-electron chi connectivity index (χ0n) is 17.7. The second-order valence-corrected chi connectivity index (χ2v) is 9.26. The lowest BCUT2D eigenvalue weighted by Gasteiger charge is -2.12. The number of nitrogens with one attached hydrogen (secondary N) is 1. The summed E-state index contributed by atoms with van der Waals surface area (Å²) in [6, 6.07) is 12.7. The van der Waals surface area contributed by atoms with Crippen LogP contribution in [0.4, 0.5) is 18.9 Å². The van der Waals surface area contributed by atoms with E-state index < -0.39 is 16.4 Å². The van der Waals surface area contributed by atoms with Gasteiger partial charge in [0.2, 0.25) is 0 Å². The van der Waals surface area contributed by atoms with Crippen LogP contribution in [0.5, 0.6) is 5.75 Å². The van der Waals surface area contributed by atoms with Crippen LogP contribution in [0.25, 0.3) is 10.9 Å². The van der Waals surface area contributed by atoms with Crippen molar-refractivity contribution in [2.24, 2.45) is 0 Å².